The van der Waals surface area contributed by atoms with Gasteiger partial charge in [0.15, 0.2) is 0 Å². The summed E-state index contributed by atoms with van der Waals surface area (Å²) in [5, 5.41) is 7.18. The molecule has 0 saturated heterocycles. The lowest BCUT2D eigenvalue weighted by atomic mass is 10.1. The first-order valence-corrected chi connectivity index (χ1v) is 10.8. The number of pyridine rings is 1. The van der Waals surface area contributed by atoms with Crippen LogP contribution in [0.3, 0.4) is 0 Å². The largest absolute Gasteiger partial charge is 0.417 e. The van der Waals surface area contributed by atoms with Gasteiger partial charge in [-0.25, -0.2) is 4.68 Å². The zero-order chi connectivity index (χ0) is 24.6. The Bertz CT molecular complexity index is 1420. The van der Waals surface area contributed by atoms with E-state index >= 15 is 0 Å². The number of hydrogen-bond acceptors (Lipinski definition) is 3. The molecule has 2 aromatic carbocycles. The van der Waals surface area contributed by atoms with Crippen molar-refractivity contribution in [3.8, 4) is 5.69 Å². The molecule has 34 heavy (non-hydrogen) atoms. The zero-order valence-electron chi connectivity index (χ0n) is 18.3. The van der Waals surface area contributed by atoms with Gasteiger partial charge in [-0.3, -0.25) is 14.2 Å². The molecule has 1 N–H and O–H groups in total. The van der Waals surface area contributed by atoms with Crippen LogP contribution < -0.4 is 10.9 Å². The number of aromatic nitrogens is 3. The minimum atomic E-state index is -4.77. The van der Waals surface area contributed by atoms with Gasteiger partial charge in [0.2, 0.25) is 5.91 Å². The van der Waals surface area contributed by atoms with E-state index in [2.05, 4.69) is 10.4 Å². The van der Waals surface area contributed by atoms with Gasteiger partial charge in [-0.2, -0.15) is 18.3 Å². The van der Waals surface area contributed by atoms with Crippen LogP contribution in [0.25, 0.3) is 16.7 Å². The van der Waals surface area contributed by atoms with Gasteiger partial charge in [0.25, 0.3) is 5.56 Å². The summed E-state index contributed by atoms with van der Waals surface area (Å²) in [6.45, 7) is 2.92. The fraction of sp³-hybridized carbons (Fsp3) is 0.208. The number of nitrogens with one attached hydrogen (secondary N) is 1. The van der Waals surface area contributed by atoms with E-state index in [1.807, 2.05) is 19.1 Å². The minimum absolute atomic E-state index is 0.0914. The number of halogens is 4. The van der Waals surface area contributed by atoms with Crippen LogP contribution in [0.5, 0.6) is 0 Å². The molecule has 0 aliphatic rings. The van der Waals surface area contributed by atoms with E-state index in [0.717, 1.165) is 16.6 Å². The molecule has 0 unspecified atom stereocenters. The number of nitrogens with zero attached hydrogens (tertiary/aromatic N) is 3. The van der Waals surface area contributed by atoms with Crippen LogP contribution in [-0.2, 0) is 23.9 Å². The van der Waals surface area contributed by atoms with Crippen molar-refractivity contribution in [1.82, 2.24) is 14.3 Å². The number of aryl methyl sites for hydroxylation is 2. The molecule has 0 atom stereocenters. The van der Waals surface area contributed by atoms with Crippen LogP contribution in [0.1, 0.15) is 23.7 Å². The molecule has 0 aliphatic heterocycles. The first-order chi connectivity index (χ1) is 16.1. The van der Waals surface area contributed by atoms with Gasteiger partial charge >= 0.3 is 6.18 Å². The lowest BCUT2D eigenvalue weighted by Crippen LogP contribution is -2.30. The standard InChI is InChI=1S/C24H20ClF3N4O2/c1-3-15-4-10-18(11-5-15)32-23-22(14(2)30-32)19(24(26,27)28)12-21(34)31(23)13-20(33)29-17-8-6-16(25)7-9-17/h4-12H,3,13H2,1-2H3,(H,29,33). The van der Waals surface area contributed by atoms with E-state index in [-0.39, 0.29) is 16.7 Å². The van der Waals surface area contributed by atoms with Crippen LogP contribution >= 0.6 is 11.6 Å². The summed E-state index contributed by atoms with van der Waals surface area (Å²) in [4.78, 5) is 25.6. The summed E-state index contributed by atoms with van der Waals surface area (Å²) in [6, 6.07) is 13.9. The summed E-state index contributed by atoms with van der Waals surface area (Å²) in [5.41, 5.74) is -0.117. The molecule has 10 heteroatoms. The van der Waals surface area contributed by atoms with E-state index in [0.29, 0.717) is 22.5 Å². The van der Waals surface area contributed by atoms with Gasteiger partial charge in [0.05, 0.1) is 22.3 Å². The van der Waals surface area contributed by atoms with Gasteiger partial charge in [0, 0.05) is 16.8 Å². The summed E-state index contributed by atoms with van der Waals surface area (Å²) < 4.78 is 43.8. The van der Waals surface area contributed by atoms with Crippen LogP contribution in [-0.4, -0.2) is 20.3 Å². The van der Waals surface area contributed by atoms with Crippen molar-refractivity contribution in [2.75, 3.05) is 5.32 Å². The second-order valence-corrected chi connectivity index (χ2v) is 8.19. The number of carbonyl (C=O) groups is 1. The van der Waals surface area contributed by atoms with Gasteiger partial charge in [-0.15, -0.1) is 0 Å². The van der Waals surface area contributed by atoms with Gasteiger partial charge in [-0.1, -0.05) is 30.7 Å². The third-order valence-corrected chi connectivity index (χ3v) is 5.67. The van der Waals surface area contributed by atoms with E-state index < -0.39 is 29.8 Å². The monoisotopic (exact) mass is 488 g/mol. The first kappa shape index (κ1) is 23.6. The van der Waals surface area contributed by atoms with Gasteiger partial charge in [-0.05, 0) is 55.3 Å². The Morgan fingerprint density at radius 1 is 1.09 bits per heavy atom. The predicted octanol–water partition coefficient (Wildman–Crippen LogP) is 5.37. The molecule has 0 radical (unpaired) electrons. The summed E-state index contributed by atoms with van der Waals surface area (Å²) in [6.07, 6.45) is -3.99. The normalized spacial score (nSPS) is 11.7. The smallest absolute Gasteiger partial charge is 0.325 e. The lowest BCUT2D eigenvalue weighted by Gasteiger charge is -2.15. The highest BCUT2D eigenvalue weighted by atomic mass is 35.5. The maximum atomic E-state index is 13.8. The number of fused-ring (bicyclic) bond motifs is 1. The molecular weight excluding hydrogens is 469 g/mol. The average molecular weight is 489 g/mol. The fourth-order valence-corrected chi connectivity index (χ4v) is 3.89. The second kappa shape index (κ2) is 8.98. The number of benzene rings is 2. The quantitative estimate of drug-likeness (QED) is 0.410. The number of alkyl halides is 3. The van der Waals surface area contributed by atoms with Crippen molar-refractivity contribution < 1.29 is 18.0 Å². The molecule has 0 saturated carbocycles. The Hall–Kier alpha value is -3.59. The molecule has 176 valence electrons. The van der Waals surface area contributed by atoms with Crippen molar-refractivity contribution >= 4 is 34.2 Å². The minimum Gasteiger partial charge on any atom is -0.325 e. The number of carbonyl (C=O) groups excluding carboxylic acids is 1. The maximum absolute atomic E-state index is 13.8. The molecule has 0 bridgehead atoms. The number of rotatable bonds is 5. The highest BCUT2D eigenvalue weighted by Gasteiger charge is 2.36. The molecule has 0 aliphatic carbocycles. The van der Waals surface area contributed by atoms with Gasteiger partial charge < -0.3 is 5.32 Å². The van der Waals surface area contributed by atoms with Crippen molar-refractivity contribution in [2.45, 2.75) is 33.0 Å². The third kappa shape index (κ3) is 4.56. The first-order valence-electron chi connectivity index (χ1n) is 10.4. The summed E-state index contributed by atoms with van der Waals surface area (Å²) >= 11 is 5.85. The molecule has 1 amide bonds. The number of amides is 1. The molecular formula is C24H20ClF3N4O2. The summed E-state index contributed by atoms with van der Waals surface area (Å²) in [7, 11) is 0. The Balaban J connectivity index is 1.88. The van der Waals surface area contributed by atoms with Crippen LogP contribution in [0.4, 0.5) is 18.9 Å². The van der Waals surface area contributed by atoms with Crippen LogP contribution in [0, 0.1) is 6.92 Å². The Morgan fingerprint density at radius 2 is 1.74 bits per heavy atom. The molecule has 4 rings (SSSR count). The lowest BCUT2D eigenvalue weighted by molar-refractivity contribution is -0.136. The van der Waals surface area contributed by atoms with Crippen LogP contribution in [0.15, 0.2) is 59.4 Å². The molecule has 4 aromatic rings. The predicted molar refractivity (Wildman–Crippen MR) is 125 cm³/mol. The SMILES string of the molecule is CCc1ccc(-n2nc(C)c3c(C(F)(F)F)cc(=O)n(CC(=O)Nc4ccc(Cl)cc4)c32)cc1. The maximum Gasteiger partial charge on any atom is 0.417 e. The van der Waals surface area contributed by atoms with E-state index in [1.165, 1.54) is 11.6 Å². The average Bonchev–Trinajstić information content (AvgIpc) is 3.13. The molecule has 2 heterocycles. The van der Waals surface area contributed by atoms with Crippen molar-refractivity contribution in [3.63, 3.8) is 0 Å². The molecule has 2 aromatic heterocycles. The Kier molecular flexibility index (Phi) is 6.22. The van der Waals surface area contributed by atoms with Crippen molar-refractivity contribution in [1.29, 1.82) is 0 Å². The fourth-order valence-electron chi connectivity index (χ4n) is 3.76. The van der Waals surface area contributed by atoms with Crippen molar-refractivity contribution in [3.05, 3.63) is 86.8 Å². The topological polar surface area (TPSA) is 68.9 Å². The van der Waals surface area contributed by atoms with E-state index in [9.17, 15) is 22.8 Å². The Morgan fingerprint density at radius 3 is 2.32 bits per heavy atom. The number of anilines is 1. The highest BCUT2D eigenvalue weighted by molar-refractivity contribution is 6.30. The van der Waals surface area contributed by atoms with Gasteiger partial charge in [0.1, 0.15) is 12.2 Å². The van der Waals surface area contributed by atoms with E-state index in [4.69, 9.17) is 11.6 Å². The van der Waals surface area contributed by atoms with Crippen LogP contribution in [0.2, 0.25) is 5.02 Å². The highest BCUT2D eigenvalue weighted by Crippen LogP contribution is 2.36. The second-order valence-electron chi connectivity index (χ2n) is 7.75. The third-order valence-electron chi connectivity index (χ3n) is 5.42. The Labute approximate surface area is 197 Å². The van der Waals surface area contributed by atoms with Crippen molar-refractivity contribution in [2.24, 2.45) is 0 Å². The molecule has 0 fully saturated rings. The summed E-state index contributed by atoms with van der Waals surface area (Å²) in [5.74, 6) is -0.586. The number of hydrogen-bond donors (Lipinski definition) is 1. The molecule has 0 spiro atoms. The van der Waals surface area contributed by atoms with E-state index in [1.54, 1.807) is 36.4 Å². The zero-order valence-corrected chi connectivity index (χ0v) is 19.0. The molecule has 6 nitrogen and oxygen atoms in total.